The van der Waals surface area contributed by atoms with Gasteiger partial charge in [0.2, 0.25) is 0 Å². The van der Waals surface area contributed by atoms with E-state index in [0.717, 1.165) is 0 Å². The lowest BCUT2D eigenvalue weighted by Gasteiger charge is -2.08. The molecule has 0 bridgehead atoms. The molecule has 2 fully saturated rings. The van der Waals surface area contributed by atoms with E-state index in [1.54, 1.807) is 30.3 Å². The number of carbonyl (C=O) groups is 1. The molecule has 0 saturated carbocycles. The lowest BCUT2D eigenvalue weighted by atomic mass is 10.1. The van der Waals surface area contributed by atoms with Gasteiger partial charge in [0.05, 0.1) is 0 Å². The molecule has 4 N–H and O–H groups in total. The number of amides is 1. The molecule has 1 aromatic carbocycles. The molecule has 21 heavy (non-hydrogen) atoms. The number of thiocarbonyl (C=S) groups is 1. The number of hydrogen-bond donors (Lipinski definition) is 4. The second kappa shape index (κ2) is 7.75. The summed E-state index contributed by atoms with van der Waals surface area (Å²) >= 11 is 4.78. The molecule has 0 spiro atoms. The Bertz CT molecular complexity index is 542. The third kappa shape index (κ3) is 4.84. The zero-order valence-electron chi connectivity index (χ0n) is 11.7. The van der Waals surface area contributed by atoms with E-state index in [-0.39, 0.29) is 16.8 Å². The van der Waals surface area contributed by atoms with Gasteiger partial charge in [0, 0.05) is 5.56 Å². The summed E-state index contributed by atoms with van der Waals surface area (Å²) in [6.07, 6.45) is 5.76. The third-order valence-corrected chi connectivity index (χ3v) is 3.37. The number of para-hydroxylation sites is 1. The first-order chi connectivity index (χ1) is 10.2. The molecule has 2 aliphatic heterocycles. The predicted octanol–water partition coefficient (Wildman–Crippen LogP) is 1.50. The molecule has 0 aromatic heterocycles. The van der Waals surface area contributed by atoms with Crippen molar-refractivity contribution >= 4 is 29.3 Å². The number of phenolic OH excluding ortho intramolecular Hbond substituents is 1. The van der Waals surface area contributed by atoms with E-state index in [4.69, 9.17) is 12.2 Å². The second-order valence-corrected chi connectivity index (χ2v) is 5.24. The fourth-order valence-corrected chi connectivity index (χ4v) is 2.25. The van der Waals surface area contributed by atoms with Gasteiger partial charge in [0.1, 0.15) is 11.4 Å². The van der Waals surface area contributed by atoms with E-state index in [2.05, 4.69) is 16.0 Å². The average molecular weight is 305 g/mol. The summed E-state index contributed by atoms with van der Waals surface area (Å²) in [4.78, 5) is 11.3. The van der Waals surface area contributed by atoms with Crippen molar-refractivity contribution in [2.45, 2.75) is 19.3 Å². The van der Waals surface area contributed by atoms with Crippen LogP contribution in [0.25, 0.3) is 6.08 Å². The molecular weight excluding hydrogens is 286 g/mol. The van der Waals surface area contributed by atoms with E-state index in [0.29, 0.717) is 11.3 Å². The minimum Gasteiger partial charge on any atom is -0.507 e. The molecule has 3 rings (SSSR count). The Morgan fingerprint density at radius 2 is 1.81 bits per heavy atom. The minimum absolute atomic E-state index is 0.123. The Balaban J connectivity index is 0.000000225. The summed E-state index contributed by atoms with van der Waals surface area (Å²) < 4.78 is 0. The monoisotopic (exact) mass is 305 g/mol. The number of nitrogens with one attached hydrogen (secondary N) is 3. The number of piperidine rings is 1. The average Bonchev–Trinajstić information content (AvgIpc) is 2.82. The molecule has 2 aliphatic rings. The van der Waals surface area contributed by atoms with Crippen LogP contribution in [0.5, 0.6) is 5.75 Å². The highest BCUT2D eigenvalue weighted by atomic mass is 32.1. The lowest BCUT2D eigenvalue weighted by Crippen LogP contribution is -2.21. The van der Waals surface area contributed by atoms with E-state index < -0.39 is 0 Å². The molecular formula is C15H19N3O2S. The number of hydrogen-bond acceptors (Lipinski definition) is 4. The summed E-state index contributed by atoms with van der Waals surface area (Å²) in [6, 6.07) is 6.75. The largest absolute Gasteiger partial charge is 0.507 e. The highest BCUT2D eigenvalue weighted by Gasteiger charge is 2.20. The number of rotatable bonds is 1. The number of phenols is 1. The Morgan fingerprint density at radius 3 is 2.29 bits per heavy atom. The summed E-state index contributed by atoms with van der Waals surface area (Å²) in [5.74, 6) is -0.166. The van der Waals surface area contributed by atoms with Crippen molar-refractivity contribution in [3.8, 4) is 5.75 Å². The summed E-state index contributed by atoms with van der Waals surface area (Å²) in [7, 11) is 0. The first-order valence-corrected chi connectivity index (χ1v) is 7.40. The van der Waals surface area contributed by atoms with Crippen molar-refractivity contribution in [1.82, 2.24) is 16.0 Å². The van der Waals surface area contributed by atoms with E-state index in [1.165, 1.54) is 32.4 Å². The molecule has 2 saturated heterocycles. The molecule has 0 radical (unpaired) electrons. The van der Waals surface area contributed by atoms with Crippen LogP contribution >= 0.6 is 12.2 Å². The van der Waals surface area contributed by atoms with Crippen molar-refractivity contribution < 1.29 is 9.90 Å². The quantitative estimate of drug-likeness (QED) is 0.467. The Morgan fingerprint density at radius 1 is 1.10 bits per heavy atom. The highest BCUT2D eigenvalue weighted by molar-refractivity contribution is 7.80. The molecule has 0 atom stereocenters. The maximum Gasteiger partial charge on any atom is 0.273 e. The number of benzene rings is 1. The summed E-state index contributed by atoms with van der Waals surface area (Å²) in [5, 5.41) is 18.2. The third-order valence-electron chi connectivity index (χ3n) is 3.16. The van der Waals surface area contributed by atoms with Crippen LogP contribution in [0.1, 0.15) is 24.8 Å². The number of aromatic hydroxyl groups is 1. The van der Waals surface area contributed by atoms with Crippen LogP contribution in [0, 0.1) is 0 Å². The molecule has 5 nitrogen and oxygen atoms in total. The van der Waals surface area contributed by atoms with Crippen LogP contribution in [0.2, 0.25) is 0 Å². The normalized spacial score (nSPS) is 19.5. The fourth-order valence-electron chi connectivity index (χ4n) is 2.05. The molecule has 0 aliphatic carbocycles. The van der Waals surface area contributed by atoms with E-state index >= 15 is 0 Å². The van der Waals surface area contributed by atoms with Crippen molar-refractivity contribution in [2.24, 2.45) is 0 Å². The van der Waals surface area contributed by atoms with Crippen molar-refractivity contribution in [3.05, 3.63) is 35.5 Å². The van der Waals surface area contributed by atoms with Crippen LogP contribution in [-0.2, 0) is 4.79 Å². The van der Waals surface area contributed by atoms with Crippen LogP contribution in [-0.4, -0.2) is 29.2 Å². The standard InChI is InChI=1S/C10H8N2O2S.C5H11N/c13-8-4-2-1-3-6(8)5-7-9(14)12-10(15)11-7;1-2-4-6-5-3-1/h1-5,13H,(H2,11,12,14,15);6H,1-5H2. The second-order valence-electron chi connectivity index (χ2n) is 4.84. The van der Waals surface area contributed by atoms with Crippen LogP contribution < -0.4 is 16.0 Å². The zero-order chi connectivity index (χ0) is 15.1. The first-order valence-electron chi connectivity index (χ1n) is 6.99. The minimum atomic E-state index is -0.289. The first kappa shape index (κ1) is 15.5. The van der Waals surface area contributed by atoms with Gasteiger partial charge in [-0.05, 0) is 50.3 Å². The van der Waals surface area contributed by atoms with Crippen LogP contribution in [0.3, 0.4) is 0 Å². The van der Waals surface area contributed by atoms with Gasteiger partial charge in [0.25, 0.3) is 5.91 Å². The van der Waals surface area contributed by atoms with E-state index in [9.17, 15) is 9.90 Å². The Labute approximate surface area is 129 Å². The zero-order valence-corrected chi connectivity index (χ0v) is 12.5. The van der Waals surface area contributed by atoms with Gasteiger partial charge in [-0.3, -0.25) is 10.1 Å². The molecule has 1 aromatic rings. The van der Waals surface area contributed by atoms with Crippen LogP contribution in [0.15, 0.2) is 30.0 Å². The highest BCUT2D eigenvalue weighted by Crippen LogP contribution is 2.18. The topological polar surface area (TPSA) is 73.4 Å². The Kier molecular flexibility index (Phi) is 5.71. The summed E-state index contributed by atoms with van der Waals surface area (Å²) in [6.45, 7) is 2.50. The maximum atomic E-state index is 11.3. The van der Waals surface area contributed by atoms with Gasteiger partial charge in [-0.15, -0.1) is 0 Å². The molecule has 0 unspecified atom stereocenters. The number of carbonyl (C=O) groups excluding carboxylic acids is 1. The SMILES string of the molecule is C1CCNCC1.O=C1NC(=S)NC1=Cc1ccccc1O. The van der Waals surface area contributed by atoms with Gasteiger partial charge in [-0.2, -0.15) is 0 Å². The van der Waals surface area contributed by atoms with E-state index in [1.807, 2.05) is 0 Å². The molecule has 2 heterocycles. The van der Waals surface area contributed by atoms with Crippen LogP contribution in [0.4, 0.5) is 0 Å². The van der Waals surface area contributed by atoms with Crippen molar-refractivity contribution in [3.63, 3.8) is 0 Å². The molecule has 1 amide bonds. The maximum absolute atomic E-state index is 11.3. The van der Waals surface area contributed by atoms with Crippen molar-refractivity contribution in [1.29, 1.82) is 0 Å². The van der Waals surface area contributed by atoms with Crippen molar-refractivity contribution in [2.75, 3.05) is 13.1 Å². The fraction of sp³-hybridized carbons (Fsp3) is 0.333. The smallest absolute Gasteiger partial charge is 0.273 e. The van der Waals surface area contributed by atoms with Gasteiger partial charge in [0.15, 0.2) is 5.11 Å². The van der Waals surface area contributed by atoms with Gasteiger partial charge >= 0.3 is 0 Å². The van der Waals surface area contributed by atoms with Gasteiger partial charge in [-0.1, -0.05) is 24.6 Å². The Hall–Kier alpha value is -1.92. The summed E-state index contributed by atoms with van der Waals surface area (Å²) in [5.41, 5.74) is 0.904. The van der Waals surface area contributed by atoms with Gasteiger partial charge in [-0.25, -0.2) is 0 Å². The predicted molar refractivity (Wildman–Crippen MR) is 86.7 cm³/mol. The van der Waals surface area contributed by atoms with Gasteiger partial charge < -0.3 is 15.7 Å². The molecule has 112 valence electrons. The molecule has 6 heteroatoms. The lowest BCUT2D eigenvalue weighted by molar-refractivity contribution is -0.115.